The van der Waals surface area contributed by atoms with Crippen molar-refractivity contribution in [2.45, 2.75) is 13.3 Å². The van der Waals surface area contributed by atoms with Gasteiger partial charge < -0.3 is 5.11 Å². The number of aryl methyl sites for hydroxylation is 1. The normalized spacial score (nSPS) is 10.8. The summed E-state index contributed by atoms with van der Waals surface area (Å²) in [6, 6.07) is 3.25. The number of nitrogens with zero attached hydrogens (tertiary/aromatic N) is 2. The lowest BCUT2D eigenvalue weighted by atomic mass is 10.3. The molecule has 0 amide bonds. The minimum absolute atomic E-state index is 0.253. The van der Waals surface area contributed by atoms with Gasteiger partial charge in [-0.05, 0) is 34.5 Å². The van der Waals surface area contributed by atoms with Gasteiger partial charge in [-0.25, -0.2) is 9.78 Å². The van der Waals surface area contributed by atoms with E-state index in [2.05, 4.69) is 20.9 Å². The Bertz CT molecular complexity index is 533. The third kappa shape index (κ3) is 1.63. The first kappa shape index (κ1) is 10.2. The maximum Gasteiger partial charge on any atom is 0.337 e. The molecule has 0 spiro atoms. The summed E-state index contributed by atoms with van der Waals surface area (Å²) in [6.45, 7) is 2.00. The average Bonchev–Trinajstić information content (AvgIpc) is 2.55. The molecular formula is C10H9BrN2O2. The highest BCUT2D eigenvalue weighted by Gasteiger charge is 2.10. The first-order valence-corrected chi connectivity index (χ1v) is 5.32. The Morgan fingerprint density at radius 3 is 2.93 bits per heavy atom. The Balaban J connectivity index is 2.70. The summed E-state index contributed by atoms with van der Waals surface area (Å²) in [6.07, 6.45) is 2.37. The van der Waals surface area contributed by atoms with Crippen LogP contribution in [0.3, 0.4) is 0 Å². The van der Waals surface area contributed by atoms with Gasteiger partial charge in [0.25, 0.3) is 0 Å². The van der Waals surface area contributed by atoms with E-state index in [4.69, 9.17) is 5.11 Å². The lowest BCUT2D eigenvalue weighted by Gasteiger charge is -1.97. The van der Waals surface area contributed by atoms with E-state index in [0.29, 0.717) is 0 Å². The average molecular weight is 269 g/mol. The van der Waals surface area contributed by atoms with Crippen molar-refractivity contribution in [1.29, 1.82) is 0 Å². The van der Waals surface area contributed by atoms with E-state index in [1.165, 1.54) is 0 Å². The summed E-state index contributed by atoms with van der Waals surface area (Å²) in [4.78, 5) is 15.1. The second-order valence-corrected chi connectivity index (χ2v) is 3.91. The number of hydrogen-bond donors (Lipinski definition) is 1. The maximum atomic E-state index is 10.8. The van der Waals surface area contributed by atoms with Crippen LogP contribution in [0.4, 0.5) is 0 Å². The number of aromatic carboxylic acids is 1. The molecule has 15 heavy (non-hydrogen) atoms. The fourth-order valence-corrected chi connectivity index (χ4v) is 2.07. The zero-order valence-corrected chi connectivity index (χ0v) is 9.65. The van der Waals surface area contributed by atoms with E-state index in [0.717, 1.165) is 22.4 Å². The monoisotopic (exact) mass is 268 g/mol. The van der Waals surface area contributed by atoms with Gasteiger partial charge in [0.1, 0.15) is 10.3 Å². The Morgan fingerprint density at radius 2 is 2.33 bits per heavy atom. The van der Waals surface area contributed by atoms with Crippen molar-refractivity contribution >= 4 is 27.5 Å². The van der Waals surface area contributed by atoms with Gasteiger partial charge in [0.05, 0.1) is 11.3 Å². The number of aromatic nitrogens is 2. The molecule has 0 radical (unpaired) electrons. The summed E-state index contributed by atoms with van der Waals surface area (Å²) in [5, 5.41) is 8.85. The smallest absolute Gasteiger partial charge is 0.337 e. The topological polar surface area (TPSA) is 54.6 Å². The van der Waals surface area contributed by atoms with Gasteiger partial charge in [-0.3, -0.25) is 4.40 Å². The van der Waals surface area contributed by atoms with Gasteiger partial charge in [0.2, 0.25) is 0 Å². The molecule has 0 saturated heterocycles. The Kier molecular flexibility index (Phi) is 2.48. The van der Waals surface area contributed by atoms with Gasteiger partial charge in [-0.1, -0.05) is 6.92 Å². The summed E-state index contributed by atoms with van der Waals surface area (Å²) >= 11 is 3.40. The summed E-state index contributed by atoms with van der Waals surface area (Å²) in [5.41, 5.74) is 1.93. The molecule has 2 heterocycles. The standard InChI is InChI=1S/C10H9BrN2O2/c1-2-7-9(11)13-5-6(10(14)15)3-4-8(13)12-7/h3-5H,2H2,1H3,(H,14,15). The molecule has 0 unspecified atom stereocenters. The van der Waals surface area contributed by atoms with Crippen molar-refractivity contribution in [3.63, 3.8) is 0 Å². The van der Waals surface area contributed by atoms with Crippen molar-refractivity contribution in [3.05, 3.63) is 34.2 Å². The van der Waals surface area contributed by atoms with Crippen LogP contribution in [-0.4, -0.2) is 20.5 Å². The number of halogens is 1. The summed E-state index contributed by atoms with van der Waals surface area (Å²) in [7, 11) is 0. The SMILES string of the molecule is CCc1nc2ccc(C(=O)O)cn2c1Br. The van der Waals surface area contributed by atoms with Crippen LogP contribution in [0.2, 0.25) is 0 Å². The van der Waals surface area contributed by atoms with Gasteiger partial charge >= 0.3 is 5.97 Å². The molecule has 4 nitrogen and oxygen atoms in total. The van der Waals surface area contributed by atoms with E-state index in [1.807, 2.05) is 6.92 Å². The third-order valence-electron chi connectivity index (χ3n) is 2.21. The number of imidazole rings is 1. The van der Waals surface area contributed by atoms with E-state index in [-0.39, 0.29) is 5.56 Å². The number of fused-ring (bicyclic) bond motifs is 1. The van der Waals surface area contributed by atoms with E-state index < -0.39 is 5.97 Å². The molecule has 0 atom stereocenters. The predicted molar refractivity (Wildman–Crippen MR) is 59.2 cm³/mol. The minimum atomic E-state index is -0.935. The first-order chi connectivity index (χ1) is 7.13. The van der Waals surface area contributed by atoms with Crippen LogP contribution in [-0.2, 0) is 6.42 Å². The fourth-order valence-electron chi connectivity index (χ4n) is 1.42. The van der Waals surface area contributed by atoms with Crippen molar-refractivity contribution in [1.82, 2.24) is 9.38 Å². The predicted octanol–water partition coefficient (Wildman–Crippen LogP) is 2.36. The first-order valence-electron chi connectivity index (χ1n) is 4.53. The van der Waals surface area contributed by atoms with Crippen molar-refractivity contribution in [2.24, 2.45) is 0 Å². The van der Waals surface area contributed by atoms with Crippen molar-refractivity contribution in [2.75, 3.05) is 0 Å². The van der Waals surface area contributed by atoms with E-state index in [9.17, 15) is 4.79 Å². The van der Waals surface area contributed by atoms with Gasteiger partial charge in [-0.15, -0.1) is 0 Å². The molecule has 2 rings (SSSR count). The molecule has 0 aromatic carbocycles. The Morgan fingerprint density at radius 1 is 1.60 bits per heavy atom. The number of carbonyl (C=O) groups is 1. The Hall–Kier alpha value is -1.36. The van der Waals surface area contributed by atoms with Crippen LogP contribution in [0, 0.1) is 0 Å². The van der Waals surface area contributed by atoms with Crippen LogP contribution in [0.15, 0.2) is 22.9 Å². The molecule has 0 aliphatic heterocycles. The number of rotatable bonds is 2. The molecule has 0 bridgehead atoms. The van der Waals surface area contributed by atoms with Gasteiger partial charge in [-0.2, -0.15) is 0 Å². The number of hydrogen-bond acceptors (Lipinski definition) is 2. The number of carboxylic acid groups (broad SMARTS) is 1. The third-order valence-corrected chi connectivity index (χ3v) is 3.05. The van der Waals surface area contributed by atoms with E-state index in [1.54, 1.807) is 22.7 Å². The molecule has 0 aliphatic carbocycles. The molecule has 0 fully saturated rings. The van der Waals surface area contributed by atoms with Crippen LogP contribution >= 0.6 is 15.9 Å². The van der Waals surface area contributed by atoms with Crippen LogP contribution in [0.5, 0.6) is 0 Å². The second-order valence-electron chi connectivity index (χ2n) is 3.15. The quantitative estimate of drug-likeness (QED) is 0.910. The van der Waals surface area contributed by atoms with Crippen LogP contribution in [0.1, 0.15) is 23.0 Å². The fraction of sp³-hybridized carbons (Fsp3) is 0.200. The molecule has 0 saturated carbocycles. The number of pyridine rings is 1. The van der Waals surface area contributed by atoms with Crippen molar-refractivity contribution in [3.8, 4) is 0 Å². The highest BCUT2D eigenvalue weighted by atomic mass is 79.9. The Labute approximate surface area is 94.7 Å². The molecule has 2 aromatic rings. The molecule has 1 N–H and O–H groups in total. The lowest BCUT2D eigenvalue weighted by Crippen LogP contribution is -1.98. The maximum absolute atomic E-state index is 10.8. The lowest BCUT2D eigenvalue weighted by molar-refractivity contribution is 0.0696. The summed E-state index contributed by atoms with van der Waals surface area (Å²) < 4.78 is 2.56. The second kappa shape index (κ2) is 3.66. The molecule has 78 valence electrons. The molecule has 2 aromatic heterocycles. The zero-order chi connectivity index (χ0) is 11.0. The van der Waals surface area contributed by atoms with E-state index >= 15 is 0 Å². The highest BCUT2D eigenvalue weighted by molar-refractivity contribution is 9.10. The van der Waals surface area contributed by atoms with Gasteiger partial charge in [0.15, 0.2) is 0 Å². The molecule has 0 aliphatic rings. The van der Waals surface area contributed by atoms with Crippen LogP contribution < -0.4 is 0 Å². The van der Waals surface area contributed by atoms with Crippen LogP contribution in [0.25, 0.3) is 5.65 Å². The summed E-state index contributed by atoms with van der Waals surface area (Å²) in [5.74, 6) is -0.935. The van der Waals surface area contributed by atoms with Gasteiger partial charge in [0, 0.05) is 6.20 Å². The highest BCUT2D eigenvalue weighted by Crippen LogP contribution is 2.20. The number of carboxylic acids is 1. The molecule has 5 heteroatoms. The van der Waals surface area contributed by atoms with Crippen molar-refractivity contribution < 1.29 is 9.90 Å². The zero-order valence-electron chi connectivity index (χ0n) is 8.07. The largest absolute Gasteiger partial charge is 0.478 e. The molecular weight excluding hydrogens is 260 g/mol. The minimum Gasteiger partial charge on any atom is -0.478 e.